The SMILES string of the molecule is COCc1cccc(NCC(F)F)c1. The van der Waals surface area contributed by atoms with Crippen LogP contribution >= 0.6 is 0 Å². The van der Waals surface area contributed by atoms with Crippen molar-refractivity contribution in [1.82, 2.24) is 0 Å². The normalized spacial score (nSPS) is 10.6. The molecular weight excluding hydrogens is 188 g/mol. The zero-order valence-electron chi connectivity index (χ0n) is 7.97. The van der Waals surface area contributed by atoms with Gasteiger partial charge in [0.05, 0.1) is 13.2 Å². The Bertz CT molecular complexity index is 279. The summed E-state index contributed by atoms with van der Waals surface area (Å²) in [5.74, 6) is 0. The van der Waals surface area contributed by atoms with Gasteiger partial charge >= 0.3 is 0 Å². The van der Waals surface area contributed by atoms with Crippen LogP contribution in [0.2, 0.25) is 0 Å². The van der Waals surface area contributed by atoms with Gasteiger partial charge in [0.25, 0.3) is 6.43 Å². The average molecular weight is 201 g/mol. The van der Waals surface area contributed by atoms with Crippen molar-refractivity contribution < 1.29 is 13.5 Å². The van der Waals surface area contributed by atoms with E-state index >= 15 is 0 Å². The molecule has 1 aromatic carbocycles. The summed E-state index contributed by atoms with van der Waals surface area (Å²) in [6, 6.07) is 7.24. The van der Waals surface area contributed by atoms with E-state index in [1.807, 2.05) is 12.1 Å². The van der Waals surface area contributed by atoms with Crippen LogP contribution in [-0.4, -0.2) is 20.1 Å². The van der Waals surface area contributed by atoms with Gasteiger partial charge < -0.3 is 10.1 Å². The second-order valence-corrected chi connectivity index (χ2v) is 2.91. The zero-order chi connectivity index (χ0) is 10.4. The summed E-state index contributed by atoms with van der Waals surface area (Å²) in [4.78, 5) is 0. The number of hydrogen-bond acceptors (Lipinski definition) is 2. The van der Waals surface area contributed by atoms with Gasteiger partial charge in [0.1, 0.15) is 0 Å². The molecule has 1 rings (SSSR count). The van der Waals surface area contributed by atoms with E-state index in [1.54, 1.807) is 19.2 Å². The van der Waals surface area contributed by atoms with E-state index in [2.05, 4.69) is 5.32 Å². The number of rotatable bonds is 5. The molecular formula is C10H13F2NO. The van der Waals surface area contributed by atoms with E-state index in [0.717, 1.165) is 5.56 Å². The summed E-state index contributed by atoms with van der Waals surface area (Å²) in [6.45, 7) is 0.167. The monoisotopic (exact) mass is 201 g/mol. The van der Waals surface area contributed by atoms with Crippen molar-refractivity contribution in [3.8, 4) is 0 Å². The van der Waals surface area contributed by atoms with Gasteiger partial charge in [-0.25, -0.2) is 8.78 Å². The zero-order valence-corrected chi connectivity index (χ0v) is 7.97. The molecule has 0 saturated carbocycles. The van der Waals surface area contributed by atoms with Crippen LogP contribution in [-0.2, 0) is 11.3 Å². The lowest BCUT2D eigenvalue weighted by atomic mass is 10.2. The molecule has 0 bridgehead atoms. The summed E-state index contributed by atoms with van der Waals surface area (Å²) in [7, 11) is 1.60. The average Bonchev–Trinajstić information content (AvgIpc) is 2.16. The topological polar surface area (TPSA) is 21.3 Å². The molecule has 0 fully saturated rings. The van der Waals surface area contributed by atoms with Crippen LogP contribution in [0.25, 0.3) is 0 Å². The molecule has 0 radical (unpaired) electrons. The van der Waals surface area contributed by atoms with Gasteiger partial charge in [-0.05, 0) is 17.7 Å². The summed E-state index contributed by atoms with van der Waals surface area (Å²) < 4.78 is 28.7. The summed E-state index contributed by atoms with van der Waals surface area (Å²) in [5, 5.41) is 2.64. The molecule has 14 heavy (non-hydrogen) atoms. The van der Waals surface area contributed by atoms with Gasteiger partial charge in [-0.1, -0.05) is 12.1 Å². The van der Waals surface area contributed by atoms with Gasteiger partial charge in [-0.15, -0.1) is 0 Å². The highest BCUT2D eigenvalue weighted by molar-refractivity contribution is 5.45. The number of benzene rings is 1. The Morgan fingerprint density at radius 1 is 1.43 bits per heavy atom. The summed E-state index contributed by atoms with van der Waals surface area (Å²) in [6.07, 6.45) is -2.33. The number of alkyl halides is 2. The number of hydrogen-bond donors (Lipinski definition) is 1. The van der Waals surface area contributed by atoms with Crippen LogP contribution in [0.1, 0.15) is 5.56 Å². The Labute approximate surface area is 81.9 Å². The maximum atomic E-state index is 11.9. The smallest absolute Gasteiger partial charge is 0.255 e. The van der Waals surface area contributed by atoms with E-state index < -0.39 is 6.43 Å². The molecule has 1 N–H and O–H groups in total. The Hall–Kier alpha value is -1.16. The molecule has 0 aliphatic carbocycles. The molecule has 1 aromatic rings. The number of halogens is 2. The predicted molar refractivity (Wildman–Crippen MR) is 51.6 cm³/mol. The fourth-order valence-corrected chi connectivity index (χ4v) is 1.13. The van der Waals surface area contributed by atoms with Gasteiger partial charge in [-0.2, -0.15) is 0 Å². The van der Waals surface area contributed by atoms with E-state index in [1.165, 1.54) is 0 Å². The first kappa shape index (κ1) is 10.9. The summed E-state index contributed by atoms with van der Waals surface area (Å²) in [5.41, 5.74) is 1.66. The number of ether oxygens (including phenoxy) is 1. The van der Waals surface area contributed by atoms with E-state index in [9.17, 15) is 8.78 Å². The van der Waals surface area contributed by atoms with Crippen LogP contribution in [0.3, 0.4) is 0 Å². The first-order chi connectivity index (χ1) is 6.72. The second-order valence-electron chi connectivity index (χ2n) is 2.91. The molecule has 0 aromatic heterocycles. The Kier molecular flexibility index (Phi) is 4.32. The van der Waals surface area contributed by atoms with Crippen molar-refractivity contribution in [2.45, 2.75) is 13.0 Å². The second kappa shape index (κ2) is 5.54. The minimum atomic E-state index is -2.33. The largest absolute Gasteiger partial charge is 0.380 e. The molecule has 0 spiro atoms. The van der Waals surface area contributed by atoms with Crippen LogP contribution in [0, 0.1) is 0 Å². The highest BCUT2D eigenvalue weighted by Gasteiger charge is 2.01. The molecule has 4 heteroatoms. The Balaban J connectivity index is 2.54. The van der Waals surface area contributed by atoms with Crippen molar-refractivity contribution in [2.75, 3.05) is 19.0 Å². The number of methoxy groups -OCH3 is 1. The quantitative estimate of drug-likeness (QED) is 0.790. The molecule has 2 nitrogen and oxygen atoms in total. The third kappa shape index (κ3) is 3.70. The molecule has 0 amide bonds. The van der Waals surface area contributed by atoms with Crippen molar-refractivity contribution in [1.29, 1.82) is 0 Å². The van der Waals surface area contributed by atoms with Gasteiger partial charge in [0.15, 0.2) is 0 Å². The fourth-order valence-electron chi connectivity index (χ4n) is 1.13. The molecule has 0 saturated heterocycles. The minimum Gasteiger partial charge on any atom is -0.380 e. The first-order valence-corrected chi connectivity index (χ1v) is 4.32. The first-order valence-electron chi connectivity index (χ1n) is 4.32. The van der Waals surface area contributed by atoms with E-state index in [4.69, 9.17) is 4.74 Å². The summed E-state index contributed by atoms with van der Waals surface area (Å²) >= 11 is 0. The molecule has 0 aliphatic heterocycles. The maximum Gasteiger partial charge on any atom is 0.255 e. The molecule has 0 atom stereocenters. The molecule has 0 heterocycles. The lowest BCUT2D eigenvalue weighted by Crippen LogP contribution is -2.10. The van der Waals surface area contributed by atoms with Crippen molar-refractivity contribution >= 4 is 5.69 Å². The van der Waals surface area contributed by atoms with Crippen molar-refractivity contribution in [3.63, 3.8) is 0 Å². The third-order valence-corrected chi connectivity index (χ3v) is 1.70. The standard InChI is InChI=1S/C10H13F2NO/c1-14-7-8-3-2-4-9(5-8)13-6-10(11)12/h2-5,10,13H,6-7H2,1H3. The van der Waals surface area contributed by atoms with E-state index in [0.29, 0.717) is 12.3 Å². The third-order valence-electron chi connectivity index (χ3n) is 1.70. The highest BCUT2D eigenvalue weighted by atomic mass is 19.3. The highest BCUT2D eigenvalue weighted by Crippen LogP contribution is 2.11. The van der Waals surface area contributed by atoms with Crippen molar-refractivity contribution in [2.24, 2.45) is 0 Å². The van der Waals surface area contributed by atoms with Crippen LogP contribution in [0.15, 0.2) is 24.3 Å². The van der Waals surface area contributed by atoms with E-state index in [-0.39, 0.29) is 6.54 Å². The Morgan fingerprint density at radius 2 is 2.21 bits per heavy atom. The van der Waals surface area contributed by atoms with Gasteiger partial charge in [0.2, 0.25) is 0 Å². The van der Waals surface area contributed by atoms with Gasteiger partial charge in [0, 0.05) is 12.8 Å². The minimum absolute atomic E-state index is 0.323. The Morgan fingerprint density at radius 3 is 2.86 bits per heavy atom. The predicted octanol–water partition coefficient (Wildman–Crippen LogP) is 2.51. The van der Waals surface area contributed by atoms with Crippen LogP contribution < -0.4 is 5.32 Å². The number of nitrogens with one attached hydrogen (secondary N) is 1. The maximum absolute atomic E-state index is 11.9. The molecule has 78 valence electrons. The fraction of sp³-hybridized carbons (Fsp3) is 0.400. The molecule has 0 aliphatic rings. The number of anilines is 1. The van der Waals surface area contributed by atoms with Crippen LogP contribution in [0.5, 0.6) is 0 Å². The lowest BCUT2D eigenvalue weighted by molar-refractivity contribution is 0.163. The van der Waals surface area contributed by atoms with Crippen molar-refractivity contribution in [3.05, 3.63) is 29.8 Å². The molecule has 0 unspecified atom stereocenters. The van der Waals surface area contributed by atoms with Gasteiger partial charge in [-0.3, -0.25) is 0 Å². The van der Waals surface area contributed by atoms with Crippen LogP contribution in [0.4, 0.5) is 14.5 Å². The lowest BCUT2D eigenvalue weighted by Gasteiger charge is -2.07.